The lowest BCUT2D eigenvalue weighted by Crippen LogP contribution is -2.27. The van der Waals surface area contributed by atoms with Crippen molar-refractivity contribution in [3.8, 4) is 16.9 Å². The van der Waals surface area contributed by atoms with Crippen molar-refractivity contribution in [2.75, 3.05) is 6.61 Å². The van der Waals surface area contributed by atoms with Crippen LogP contribution in [0.25, 0.3) is 11.1 Å². The first kappa shape index (κ1) is 17.3. The molecule has 7 nitrogen and oxygen atoms in total. The molecule has 3 aromatic rings. The van der Waals surface area contributed by atoms with Crippen molar-refractivity contribution in [3.63, 3.8) is 0 Å². The zero-order valence-electron chi connectivity index (χ0n) is 14.6. The summed E-state index contributed by atoms with van der Waals surface area (Å²) in [4.78, 5) is 24.9. The van der Waals surface area contributed by atoms with Crippen LogP contribution in [0.4, 0.5) is 4.39 Å². The summed E-state index contributed by atoms with van der Waals surface area (Å²) >= 11 is 0. The fourth-order valence-corrected chi connectivity index (χ4v) is 2.97. The van der Waals surface area contributed by atoms with Gasteiger partial charge in [-0.1, -0.05) is 6.42 Å². The van der Waals surface area contributed by atoms with Crippen molar-refractivity contribution in [2.45, 2.75) is 25.8 Å². The van der Waals surface area contributed by atoms with Crippen LogP contribution in [0.5, 0.6) is 5.75 Å². The predicted octanol–water partition coefficient (Wildman–Crippen LogP) is 2.46. The summed E-state index contributed by atoms with van der Waals surface area (Å²) in [6.45, 7) is 0.660. The second-order valence-electron chi connectivity index (χ2n) is 6.59. The molecule has 0 atom stereocenters. The van der Waals surface area contributed by atoms with Crippen LogP contribution < -0.4 is 10.3 Å². The molecule has 1 fully saturated rings. The molecule has 8 heteroatoms. The van der Waals surface area contributed by atoms with Gasteiger partial charge in [-0.05, 0) is 30.4 Å². The minimum atomic E-state index is -0.460. The van der Waals surface area contributed by atoms with Crippen LogP contribution in [0.15, 0.2) is 48.2 Å². The van der Waals surface area contributed by atoms with Crippen LogP contribution >= 0.6 is 0 Å². The number of hydrogen-bond acceptors (Lipinski definition) is 6. The Bertz CT molecular complexity index is 989. The molecule has 1 aliphatic rings. The van der Waals surface area contributed by atoms with Gasteiger partial charge in [-0.15, -0.1) is 0 Å². The SMILES string of the molecule is O=c1c(-c2cncnc2)c(OCC2CCC2)cnn1Cc1cncc(F)c1. The third-order valence-corrected chi connectivity index (χ3v) is 4.65. The average Bonchev–Trinajstić information content (AvgIpc) is 2.63. The number of halogens is 1. The Morgan fingerprint density at radius 3 is 2.63 bits per heavy atom. The highest BCUT2D eigenvalue weighted by atomic mass is 19.1. The zero-order valence-corrected chi connectivity index (χ0v) is 14.6. The molecule has 138 valence electrons. The van der Waals surface area contributed by atoms with E-state index in [2.05, 4.69) is 20.1 Å². The van der Waals surface area contributed by atoms with E-state index in [-0.39, 0.29) is 12.1 Å². The van der Waals surface area contributed by atoms with E-state index in [4.69, 9.17) is 4.74 Å². The van der Waals surface area contributed by atoms with Crippen LogP contribution in [0.1, 0.15) is 24.8 Å². The van der Waals surface area contributed by atoms with E-state index in [1.165, 1.54) is 35.9 Å². The molecule has 1 aliphatic carbocycles. The van der Waals surface area contributed by atoms with E-state index >= 15 is 0 Å². The first-order chi connectivity index (χ1) is 13.2. The monoisotopic (exact) mass is 367 g/mol. The minimum Gasteiger partial charge on any atom is -0.491 e. The van der Waals surface area contributed by atoms with E-state index in [1.807, 2.05) is 0 Å². The van der Waals surface area contributed by atoms with Crippen LogP contribution in [0.2, 0.25) is 0 Å². The molecule has 0 saturated heterocycles. The summed E-state index contributed by atoms with van der Waals surface area (Å²) in [5.74, 6) is 0.471. The van der Waals surface area contributed by atoms with Gasteiger partial charge in [-0.3, -0.25) is 9.78 Å². The zero-order chi connectivity index (χ0) is 18.6. The number of pyridine rings is 1. The molecule has 27 heavy (non-hydrogen) atoms. The molecule has 3 heterocycles. The molecule has 0 spiro atoms. The Morgan fingerprint density at radius 2 is 1.93 bits per heavy atom. The quantitative estimate of drug-likeness (QED) is 0.666. The second-order valence-corrected chi connectivity index (χ2v) is 6.59. The van der Waals surface area contributed by atoms with Crippen LogP contribution in [0, 0.1) is 11.7 Å². The lowest BCUT2D eigenvalue weighted by molar-refractivity contribution is 0.180. The topological polar surface area (TPSA) is 82.8 Å². The molecule has 0 aromatic carbocycles. The summed E-state index contributed by atoms with van der Waals surface area (Å²) in [6.07, 6.45) is 12.2. The lowest BCUT2D eigenvalue weighted by atomic mass is 9.86. The molecule has 0 bridgehead atoms. The first-order valence-corrected chi connectivity index (χ1v) is 8.78. The lowest BCUT2D eigenvalue weighted by Gasteiger charge is -2.25. The van der Waals surface area contributed by atoms with E-state index in [0.29, 0.717) is 35.0 Å². The number of rotatable bonds is 6. The van der Waals surface area contributed by atoms with E-state index in [9.17, 15) is 9.18 Å². The third kappa shape index (κ3) is 3.84. The van der Waals surface area contributed by atoms with Crippen molar-refractivity contribution in [1.29, 1.82) is 0 Å². The van der Waals surface area contributed by atoms with Gasteiger partial charge < -0.3 is 4.74 Å². The van der Waals surface area contributed by atoms with Gasteiger partial charge in [0, 0.05) is 24.2 Å². The van der Waals surface area contributed by atoms with Gasteiger partial charge in [-0.2, -0.15) is 5.10 Å². The number of hydrogen-bond donors (Lipinski definition) is 0. The minimum absolute atomic E-state index is 0.104. The third-order valence-electron chi connectivity index (χ3n) is 4.65. The Labute approximate surface area is 154 Å². The van der Waals surface area contributed by atoms with Gasteiger partial charge in [0.1, 0.15) is 12.1 Å². The molecule has 1 saturated carbocycles. The Hall–Kier alpha value is -3.16. The first-order valence-electron chi connectivity index (χ1n) is 8.78. The smallest absolute Gasteiger partial charge is 0.278 e. The van der Waals surface area contributed by atoms with Crippen molar-refractivity contribution in [3.05, 3.63) is 65.1 Å². The number of nitrogens with zero attached hydrogens (tertiary/aromatic N) is 5. The maximum Gasteiger partial charge on any atom is 0.278 e. The number of aromatic nitrogens is 5. The van der Waals surface area contributed by atoms with Gasteiger partial charge in [0.15, 0.2) is 5.75 Å². The van der Waals surface area contributed by atoms with Gasteiger partial charge in [0.25, 0.3) is 5.56 Å². The molecular formula is C19H18FN5O2. The summed E-state index contributed by atoms with van der Waals surface area (Å²) in [7, 11) is 0. The fraction of sp³-hybridized carbons (Fsp3) is 0.316. The molecule has 3 aromatic heterocycles. The van der Waals surface area contributed by atoms with E-state index in [0.717, 1.165) is 19.0 Å². The van der Waals surface area contributed by atoms with Crippen LogP contribution in [-0.2, 0) is 6.54 Å². The van der Waals surface area contributed by atoms with Crippen molar-refractivity contribution in [1.82, 2.24) is 24.7 Å². The maximum absolute atomic E-state index is 13.4. The molecule has 0 unspecified atom stereocenters. The predicted molar refractivity (Wildman–Crippen MR) is 95.7 cm³/mol. The fourth-order valence-electron chi connectivity index (χ4n) is 2.97. The highest BCUT2D eigenvalue weighted by Crippen LogP contribution is 2.29. The molecule has 0 N–H and O–H groups in total. The molecule has 4 rings (SSSR count). The maximum atomic E-state index is 13.4. The van der Waals surface area contributed by atoms with Crippen molar-refractivity contribution in [2.24, 2.45) is 5.92 Å². The van der Waals surface area contributed by atoms with Crippen LogP contribution in [-0.4, -0.2) is 31.3 Å². The Kier molecular flexibility index (Phi) is 4.86. The van der Waals surface area contributed by atoms with E-state index < -0.39 is 5.82 Å². The molecular weight excluding hydrogens is 349 g/mol. The molecule has 0 radical (unpaired) electrons. The number of ether oxygens (including phenoxy) is 1. The molecule has 0 amide bonds. The average molecular weight is 367 g/mol. The van der Waals surface area contributed by atoms with Gasteiger partial charge >= 0.3 is 0 Å². The highest BCUT2D eigenvalue weighted by Gasteiger charge is 2.21. The standard InChI is InChI=1S/C19H18FN5O2/c20-16-4-14(5-21-8-16)10-25-19(26)18(15-6-22-12-23-7-15)17(9-24-25)27-11-13-2-1-3-13/h4-9,12-13H,1-3,10-11H2. The summed E-state index contributed by atoms with van der Waals surface area (Å²) in [5.41, 5.74) is 1.11. The molecule has 0 aliphatic heterocycles. The normalized spacial score (nSPS) is 14.0. The second kappa shape index (κ2) is 7.61. The summed E-state index contributed by atoms with van der Waals surface area (Å²) in [6, 6.07) is 1.33. The summed E-state index contributed by atoms with van der Waals surface area (Å²) < 4.78 is 20.5. The Balaban J connectivity index is 1.70. The van der Waals surface area contributed by atoms with Gasteiger partial charge in [0.2, 0.25) is 0 Å². The van der Waals surface area contributed by atoms with E-state index in [1.54, 1.807) is 12.4 Å². The largest absolute Gasteiger partial charge is 0.491 e. The van der Waals surface area contributed by atoms with Gasteiger partial charge in [-0.25, -0.2) is 19.0 Å². The highest BCUT2D eigenvalue weighted by molar-refractivity contribution is 5.67. The Morgan fingerprint density at radius 1 is 1.11 bits per heavy atom. The van der Waals surface area contributed by atoms with Crippen LogP contribution in [0.3, 0.4) is 0 Å². The summed E-state index contributed by atoms with van der Waals surface area (Å²) in [5, 5.41) is 4.20. The van der Waals surface area contributed by atoms with Gasteiger partial charge in [0.05, 0.1) is 31.1 Å². The van der Waals surface area contributed by atoms with Crippen molar-refractivity contribution < 1.29 is 9.13 Å². The van der Waals surface area contributed by atoms with Crippen molar-refractivity contribution >= 4 is 0 Å².